The van der Waals surface area contributed by atoms with Crippen molar-refractivity contribution in [2.24, 2.45) is 12.5 Å². The van der Waals surface area contributed by atoms with Gasteiger partial charge in [0.15, 0.2) is 5.82 Å². The summed E-state index contributed by atoms with van der Waals surface area (Å²) in [6.07, 6.45) is 14.0. The molecule has 7 heterocycles. The summed E-state index contributed by atoms with van der Waals surface area (Å²) in [4.78, 5) is 64.1. The van der Waals surface area contributed by atoms with E-state index in [1.165, 1.54) is 27.6 Å². The number of aliphatic hydroxyl groups excluding tert-OH is 1. The van der Waals surface area contributed by atoms with E-state index in [0.717, 1.165) is 88.9 Å². The molecule has 5 aliphatic rings. The fourth-order valence-corrected chi connectivity index (χ4v) is 12.2. The molecule has 0 radical (unpaired) electrons. The third-order valence-electron chi connectivity index (χ3n) is 16.0. The van der Waals surface area contributed by atoms with Crippen molar-refractivity contribution in [1.82, 2.24) is 29.0 Å². The Bertz CT molecular complexity index is 2930. The molecule has 0 bridgehead atoms. The number of amides is 2. The lowest BCUT2D eigenvalue weighted by molar-refractivity contribution is -0.111. The average Bonchev–Trinajstić information content (AvgIpc) is 3.84. The Balaban J connectivity index is 0.835. The van der Waals surface area contributed by atoms with Crippen LogP contribution in [0.1, 0.15) is 112 Å². The molecule has 2 aliphatic carbocycles. The van der Waals surface area contributed by atoms with Crippen molar-refractivity contribution >= 4 is 46.2 Å². The summed E-state index contributed by atoms with van der Waals surface area (Å²) in [5, 5.41) is 27.6. The van der Waals surface area contributed by atoms with E-state index in [4.69, 9.17) is 9.97 Å². The second-order valence-electron chi connectivity index (χ2n) is 21.9. The summed E-state index contributed by atoms with van der Waals surface area (Å²) in [6, 6.07) is 14.8. The molecule has 3 atom stereocenters. The van der Waals surface area contributed by atoms with Crippen molar-refractivity contribution in [3.63, 3.8) is 0 Å². The van der Waals surface area contributed by atoms with Crippen LogP contribution < -0.4 is 30.9 Å². The number of fused-ring (bicyclic) bond motifs is 3. The number of nitrogens with one attached hydrogen (secondary N) is 2. The van der Waals surface area contributed by atoms with Gasteiger partial charge < -0.3 is 39.8 Å². The van der Waals surface area contributed by atoms with Crippen molar-refractivity contribution in [3.8, 4) is 11.3 Å². The number of piperazine rings is 1. The van der Waals surface area contributed by atoms with Crippen molar-refractivity contribution in [2.45, 2.75) is 129 Å². The lowest BCUT2D eigenvalue weighted by atomic mass is 9.78. The number of hydrogen-bond donors (Lipinski definition) is 4. The number of piperidine rings is 1. The Morgan fingerprint density at radius 2 is 1.70 bits per heavy atom. The van der Waals surface area contributed by atoms with Crippen LogP contribution >= 0.6 is 0 Å². The second kappa shape index (κ2) is 19.0. The molecule has 16 heteroatoms. The number of rotatable bonds is 11. The summed E-state index contributed by atoms with van der Waals surface area (Å²) in [5.41, 5.74) is 8.09. The highest BCUT2D eigenvalue weighted by Gasteiger charge is 2.39. The molecule has 4 N–H and O–H groups in total. The van der Waals surface area contributed by atoms with Crippen LogP contribution in [0.15, 0.2) is 78.5 Å². The number of nitrogens with zero attached hydrogens (tertiary/aromatic N) is 9. The van der Waals surface area contributed by atoms with Gasteiger partial charge in [-0.15, -0.1) is 0 Å². The van der Waals surface area contributed by atoms with E-state index in [2.05, 4.69) is 81.3 Å². The predicted molar refractivity (Wildman–Crippen MR) is 279 cm³/mol. The molecule has 10 rings (SSSR count). The number of hydrogen-bond acceptors (Lipinski definition) is 12. The number of benzene rings is 1. The average molecular weight is 964 g/mol. The number of carbonyl (C=O) groups is 2. The third kappa shape index (κ3) is 9.49. The monoisotopic (exact) mass is 964 g/mol. The van der Waals surface area contributed by atoms with Gasteiger partial charge in [-0.25, -0.2) is 9.97 Å². The minimum Gasteiger partial charge on any atom is -0.392 e. The summed E-state index contributed by atoms with van der Waals surface area (Å²) < 4.78 is 3.59. The van der Waals surface area contributed by atoms with Crippen molar-refractivity contribution < 1.29 is 19.8 Å². The van der Waals surface area contributed by atoms with E-state index in [1.54, 1.807) is 30.4 Å². The zero-order chi connectivity index (χ0) is 49.9. The molecule has 4 aromatic heterocycles. The van der Waals surface area contributed by atoms with E-state index < -0.39 is 12.2 Å². The van der Waals surface area contributed by atoms with Gasteiger partial charge in [-0.3, -0.25) is 29.2 Å². The molecule has 2 saturated heterocycles. The molecule has 16 nitrogen and oxygen atoms in total. The summed E-state index contributed by atoms with van der Waals surface area (Å²) >= 11 is 0. The van der Waals surface area contributed by atoms with Gasteiger partial charge in [0, 0.05) is 123 Å². The predicted octanol–water partition coefficient (Wildman–Crippen LogP) is 7.16. The minimum absolute atomic E-state index is 0.0522. The summed E-state index contributed by atoms with van der Waals surface area (Å²) in [6.45, 7) is 18.8. The number of aryl methyl sites for hydroxylation is 1. The first kappa shape index (κ1) is 48.3. The highest BCUT2D eigenvalue weighted by molar-refractivity contribution is 6.06. The first-order chi connectivity index (χ1) is 34.0. The maximum atomic E-state index is 14.1. The molecular weight excluding hydrogens is 895 g/mol. The number of carbonyl (C=O) groups excluding carboxylic acids is 2. The fraction of sp³-hybridized carbons (Fsp3) is 0.491. The van der Waals surface area contributed by atoms with Crippen LogP contribution in [0.5, 0.6) is 0 Å². The standard InChI is InChI=1S/C55H69N11O5/c1-8-49(68)59-44-27-38(9-10-46(44)64-22-21-62(31-35(64)3)39-15-20-63(34(2)25-39)40-13-18-56-43(28-40)36-11-16-55(6,71)17-12-36)58-50-53(70)61(7)32-45(60-50)41-14-19-57-51(42(41)33-67)66-24-23-65-47(52(66)69)26-37-29-54(4,5)30-48(37)65/h8-10,13-14,18-19,26-28,32,34-36,39,67,71H,1,11-12,15-17,20-25,29-31,33H2,2-7H3,(H,58,60)(H,59,68)/t34-,35-,36?,39?,55?/m0/s1. The molecule has 1 unspecified atom stereocenters. The largest absolute Gasteiger partial charge is 0.392 e. The zero-order valence-corrected chi connectivity index (χ0v) is 42.1. The maximum absolute atomic E-state index is 14.1. The van der Waals surface area contributed by atoms with E-state index >= 15 is 0 Å². The van der Waals surface area contributed by atoms with Crippen LogP contribution in [0.25, 0.3) is 11.3 Å². The Morgan fingerprint density at radius 3 is 2.45 bits per heavy atom. The molecule has 0 spiro atoms. The van der Waals surface area contributed by atoms with Crippen LogP contribution in [0.2, 0.25) is 0 Å². The Morgan fingerprint density at radius 1 is 0.915 bits per heavy atom. The van der Waals surface area contributed by atoms with Crippen LogP contribution in [0, 0.1) is 5.41 Å². The smallest absolute Gasteiger partial charge is 0.293 e. The van der Waals surface area contributed by atoms with Crippen LogP contribution in [0.3, 0.4) is 0 Å². The molecule has 71 heavy (non-hydrogen) atoms. The quantitative estimate of drug-likeness (QED) is 0.0985. The number of aliphatic hydroxyl groups is 2. The lowest BCUT2D eigenvalue weighted by Gasteiger charge is -2.48. The Labute approximate surface area is 416 Å². The van der Waals surface area contributed by atoms with Gasteiger partial charge in [0.25, 0.3) is 11.5 Å². The summed E-state index contributed by atoms with van der Waals surface area (Å²) in [5.74, 6) is 0.297. The third-order valence-corrected chi connectivity index (χ3v) is 16.0. The van der Waals surface area contributed by atoms with E-state index in [9.17, 15) is 24.6 Å². The van der Waals surface area contributed by atoms with Gasteiger partial charge in [0.1, 0.15) is 11.5 Å². The highest BCUT2D eigenvalue weighted by atomic mass is 16.3. The molecule has 2 amide bonds. The Kier molecular flexibility index (Phi) is 12.9. The molecule has 1 saturated carbocycles. The van der Waals surface area contributed by atoms with Gasteiger partial charge in [-0.05, 0) is 132 Å². The fourth-order valence-electron chi connectivity index (χ4n) is 12.2. The number of anilines is 6. The first-order valence-electron chi connectivity index (χ1n) is 25.5. The SMILES string of the molecule is C=CC(=O)Nc1cc(Nc2nc(-c3ccnc(N4CCn5c(cc6c5CC(C)(C)C6)C4=O)c3CO)cn(C)c2=O)ccc1N1CCN(C2CCN(c3ccnc(C4CCC(C)(O)CC4)c3)[C@@H](C)C2)C[C@@H]1C. The van der Waals surface area contributed by atoms with Gasteiger partial charge in [-0.1, -0.05) is 20.4 Å². The normalized spacial score (nSPS) is 24.4. The van der Waals surface area contributed by atoms with E-state index in [0.29, 0.717) is 70.8 Å². The first-order valence-corrected chi connectivity index (χ1v) is 25.5. The van der Waals surface area contributed by atoms with Gasteiger partial charge >= 0.3 is 0 Å². The van der Waals surface area contributed by atoms with E-state index in [-0.39, 0.29) is 34.6 Å². The van der Waals surface area contributed by atoms with Crippen molar-refractivity contribution in [1.29, 1.82) is 0 Å². The zero-order valence-electron chi connectivity index (χ0n) is 42.1. The highest BCUT2D eigenvalue weighted by Crippen LogP contribution is 2.42. The molecule has 374 valence electrons. The minimum atomic E-state index is -0.566. The van der Waals surface area contributed by atoms with Crippen molar-refractivity contribution in [2.75, 3.05) is 58.1 Å². The molecule has 3 aliphatic heterocycles. The van der Waals surface area contributed by atoms with Crippen molar-refractivity contribution in [3.05, 3.63) is 112 Å². The topological polar surface area (TPSA) is 177 Å². The van der Waals surface area contributed by atoms with E-state index in [1.807, 2.05) is 37.4 Å². The number of aromatic nitrogens is 5. The molecule has 5 aromatic rings. The van der Waals surface area contributed by atoms with Crippen LogP contribution in [0.4, 0.5) is 34.4 Å². The molecular formula is C55H69N11O5. The van der Waals surface area contributed by atoms with Gasteiger partial charge in [-0.2, -0.15) is 0 Å². The summed E-state index contributed by atoms with van der Waals surface area (Å²) in [7, 11) is 1.65. The van der Waals surface area contributed by atoms with Gasteiger partial charge in [0.2, 0.25) is 5.91 Å². The van der Waals surface area contributed by atoms with Gasteiger partial charge in [0.05, 0.1) is 29.3 Å². The van der Waals surface area contributed by atoms with Crippen LogP contribution in [-0.4, -0.2) is 107 Å². The number of pyridine rings is 2. The van der Waals surface area contributed by atoms with Crippen LogP contribution in [-0.2, 0) is 37.8 Å². The Hall–Kier alpha value is -6.36. The second-order valence-corrected chi connectivity index (χ2v) is 21.9. The maximum Gasteiger partial charge on any atom is 0.293 e. The molecule has 3 fully saturated rings. The lowest BCUT2D eigenvalue weighted by Crippen LogP contribution is -2.58. The molecule has 1 aromatic carbocycles.